The van der Waals surface area contributed by atoms with Crippen LogP contribution in [0.1, 0.15) is 16.1 Å². The van der Waals surface area contributed by atoms with Crippen molar-refractivity contribution in [1.29, 1.82) is 0 Å². The smallest absolute Gasteiger partial charge is 0.174 e. The number of carbonyl (C=O) groups excluding carboxylic acids is 1. The van der Waals surface area contributed by atoms with Gasteiger partial charge in [-0.1, -0.05) is 6.07 Å². The van der Waals surface area contributed by atoms with Gasteiger partial charge in [0.25, 0.3) is 0 Å². The van der Waals surface area contributed by atoms with Gasteiger partial charge in [-0.15, -0.1) is 34.5 Å². The van der Waals surface area contributed by atoms with Crippen LogP contribution in [0.25, 0.3) is 0 Å². The fraction of sp³-hybridized carbons (Fsp3) is 0.545. The van der Waals surface area contributed by atoms with Crippen molar-refractivity contribution in [2.24, 2.45) is 0 Å². The van der Waals surface area contributed by atoms with Gasteiger partial charge in [0, 0.05) is 37.8 Å². The lowest BCUT2D eigenvalue weighted by molar-refractivity contribution is 0.0970. The Balaban J connectivity index is 2.34. The van der Waals surface area contributed by atoms with Gasteiger partial charge in [0.2, 0.25) is 0 Å². The fourth-order valence-electron chi connectivity index (χ4n) is 1.39. The molecule has 2 nitrogen and oxygen atoms in total. The van der Waals surface area contributed by atoms with Crippen LogP contribution >= 0.6 is 34.5 Å². The zero-order valence-corrected chi connectivity index (χ0v) is 11.3. The zero-order valence-electron chi connectivity index (χ0n) is 8.99. The molecule has 0 amide bonds. The number of alkyl halides is 2. The molecular formula is C11H15Cl2NOS. The van der Waals surface area contributed by atoms with Crippen molar-refractivity contribution in [3.8, 4) is 0 Å². The van der Waals surface area contributed by atoms with Gasteiger partial charge >= 0.3 is 0 Å². The summed E-state index contributed by atoms with van der Waals surface area (Å²) in [5.74, 6) is 1.35. The number of ketones is 1. The highest BCUT2D eigenvalue weighted by atomic mass is 35.5. The topological polar surface area (TPSA) is 20.3 Å². The quantitative estimate of drug-likeness (QED) is 0.538. The third-order valence-corrected chi connectivity index (χ3v) is 3.50. The Bertz CT molecular complexity index is 297. The zero-order chi connectivity index (χ0) is 11.8. The van der Waals surface area contributed by atoms with Crippen LogP contribution in [0, 0.1) is 0 Å². The summed E-state index contributed by atoms with van der Waals surface area (Å²) in [6.45, 7) is 2.30. The van der Waals surface area contributed by atoms with Crippen LogP contribution < -0.4 is 0 Å². The third-order valence-electron chi connectivity index (χ3n) is 2.25. The minimum atomic E-state index is 0.198. The van der Waals surface area contributed by atoms with Crippen molar-refractivity contribution in [2.45, 2.75) is 6.42 Å². The van der Waals surface area contributed by atoms with E-state index in [1.807, 2.05) is 17.5 Å². The number of hydrogen-bond acceptors (Lipinski definition) is 3. The standard InChI is InChI=1S/C11H15Cl2NOS/c12-4-7-14(8-5-13)6-3-10(15)11-2-1-9-16-11/h1-2,9H,3-8H2. The van der Waals surface area contributed by atoms with Crippen molar-refractivity contribution in [3.05, 3.63) is 22.4 Å². The van der Waals surface area contributed by atoms with E-state index < -0.39 is 0 Å². The average Bonchev–Trinajstić information content (AvgIpc) is 2.79. The molecule has 0 aromatic carbocycles. The molecule has 0 bridgehead atoms. The van der Waals surface area contributed by atoms with Crippen LogP contribution in [-0.4, -0.2) is 42.1 Å². The molecule has 1 rings (SSSR count). The summed E-state index contributed by atoms with van der Waals surface area (Å²) < 4.78 is 0. The van der Waals surface area contributed by atoms with Crippen molar-refractivity contribution in [3.63, 3.8) is 0 Å². The predicted molar refractivity (Wildman–Crippen MR) is 71.1 cm³/mol. The largest absolute Gasteiger partial charge is 0.301 e. The molecule has 1 aromatic heterocycles. The van der Waals surface area contributed by atoms with E-state index in [1.54, 1.807) is 0 Å². The third kappa shape index (κ3) is 4.83. The summed E-state index contributed by atoms with van der Waals surface area (Å²) in [4.78, 5) is 14.7. The monoisotopic (exact) mass is 279 g/mol. The maximum absolute atomic E-state index is 11.7. The molecule has 0 radical (unpaired) electrons. The van der Waals surface area contributed by atoms with E-state index in [4.69, 9.17) is 23.2 Å². The lowest BCUT2D eigenvalue weighted by atomic mass is 10.2. The molecule has 1 heterocycles. The molecule has 0 aliphatic rings. The van der Waals surface area contributed by atoms with Gasteiger partial charge in [0.15, 0.2) is 5.78 Å². The maximum atomic E-state index is 11.7. The van der Waals surface area contributed by atoms with E-state index in [2.05, 4.69) is 4.90 Å². The molecule has 0 saturated heterocycles. The van der Waals surface area contributed by atoms with Crippen LogP contribution in [0.15, 0.2) is 17.5 Å². The van der Waals surface area contributed by atoms with Gasteiger partial charge in [-0.05, 0) is 11.4 Å². The molecule has 0 atom stereocenters. The average molecular weight is 280 g/mol. The first-order valence-corrected chi connectivity index (χ1v) is 7.13. The van der Waals surface area contributed by atoms with E-state index in [0.29, 0.717) is 18.2 Å². The molecule has 0 aliphatic carbocycles. The van der Waals surface area contributed by atoms with E-state index in [9.17, 15) is 4.79 Å². The second kappa shape index (κ2) is 8.07. The lowest BCUT2D eigenvalue weighted by Crippen LogP contribution is -2.30. The number of nitrogens with zero attached hydrogens (tertiary/aromatic N) is 1. The van der Waals surface area contributed by atoms with Crippen molar-refractivity contribution in [2.75, 3.05) is 31.4 Å². The van der Waals surface area contributed by atoms with Crippen molar-refractivity contribution >= 4 is 40.3 Å². The van der Waals surface area contributed by atoms with Gasteiger partial charge in [-0.2, -0.15) is 0 Å². The second-order valence-electron chi connectivity index (χ2n) is 3.37. The van der Waals surface area contributed by atoms with E-state index in [0.717, 1.165) is 24.5 Å². The summed E-state index contributed by atoms with van der Waals surface area (Å²) in [7, 11) is 0. The van der Waals surface area contributed by atoms with E-state index in [-0.39, 0.29) is 5.78 Å². The minimum absolute atomic E-state index is 0.198. The number of halogens is 2. The Morgan fingerprint density at radius 1 is 1.25 bits per heavy atom. The fourth-order valence-corrected chi connectivity index (χ4v) is 2.57. The van der Waals surface area contributed by atoms with Crippen LogP contribution in [0.2, 0.25) is 0 Å². The first-order chi connectivity index (χ1) is 7.77. The van der Waals surface area contributed by atoms with Gasteiger partial charge in [-0.3, -0.25) is 4.79 Å². The number of Topliss-reactive ketones (excluding diaryl/α,β-unsaturated/α-hetero) is 1. The van der Waals surface area contributed by atoms with Crippen LogP contribution in [0.3, 0.4) is 0 Å². The maximum Gasteiger partial charge on any atom is 0.174 e. The molecule has 0 saturated carbocycles. The first-order valence-electron chi connectivity index (χ1n) is 5.19. The Morgan fingerprint density at radius 2 is 1.94 bits per heavy atom. The molecule has 0 aliphatic heterocycles. The van der Waals surface area contributed by atoms with Gasteiger partial charge in [-0.25, -0.2) is 0 Å². The first kappa shape index (κ1) is 14.0. The molecule has 16 heavy (non-hydrogen) atoms. The summed E-state index contributed by atoms with van der Waals surface area (Å²) in [6, 6.07) is 3.76. The second-order valence-corrected chi connectivity index (χ2v) is 5.07. The Morgan fingerprint density at radius 3 is 2.44 bits per heavy atom. The van der Waals surface area contributed by atoms with Crippen molar-refractivity contribution < 1.29 is 4.79 Å². The molecule has 90 valence electrons. The summed E-state index contributed by atoms with van der Waals surface area (Å²) in [5, 5.41) is 1.92. The Hall–Kier alpha value is -0.0900. The number of hydrogen-bond donors (Lipinski definition) is 0. The van der Waals surface area contributed by atoms with Crippen LogP contribution in [0.5, 0.6) is 0 Å². The lowest BCUT2D eigenvalue weighted by Gasteiger charge is -2.18. The number of carbonyl (C=O) groups is 1. The highest BCUT2D eigenvalue weighted by Gasteiger charge is 2.09. The predicted octanol–water partition coefficient (Wildman–Crippen LogP) is 3.10. The Labute approximate surface area is 110 Å². The van der Waals surface area contributed by atoms with Gasteiger partial charge in [0.1, 0.15) is 0 Å². The van der Waals surface area contributed by atoms with Gasteiger partial charge in [0.05, 0.1) is 4.88 Å². The SMILES string of the molecule is O=C(CCN(CCCl)CCCl)c1cccs1. The highest BCUT2D eigenvalue weighted by Crippen LogP contribution is 2.11. The van der Waals surface area contributed by atoms with E-state index >= 15 is 0 Å². The van der Waals surface area contributed by atoms with Gasteiger partial charge < -0.3 is 4.90 Å². The van der Waals surface area contributed by atoms with Crippen molar-refractivity contribution in [1.82, 2.24) is 4.90 Å². The molecular weight excluding hydrogens is 265 g/mol. The molecule has 0 fully saturated rings. The molecule has 5 heteroatoms. The molecule has 0 spiro atoms. The van der Waals surface area contributed by atoms with Crippen LogP contribution in [0.4, 0.5) is 0 Å². The highest BCUT2D eigenvalue weighted by molar-refractivity contribution is 7.12. The molecule has 1 aromatic rings. The minimum Gasteiger partial charge on any atom is -0.301 e. The normalized spacial score (nSPS) is 10.9. The summed E-state index contributed by atoms with van der Waals surface area (Å²) in [5.41, 5.74) is 0. The van der Waals surface area contributed by atoms with E-state index in [1.165, 1.54) is 11.3 Å². The number of rotatable bonds is 8. The molecule has 0 N–H and O–H groups in total. The Kier molecular flexibility index (Phi) is 7.05. The molecule has 0 unspecified atom stereocenters. The van der Waals surface area contributed by atoms with Crippen LogP contribution in [-0.2, 0) is 0 Å². The summed E-state index contributed by atoms with van der Waals surface area (Å²) >= 11 is 12.8. The number of thiophene rings is 1. The summed E-state index contributed by atoms with van der Waals surface area (Å²) in [6.07, 6.45) is 0.536.